The molecule has 0 aromatic heterocycles. The lowest BCUT2D eigenvalue weighted by atomic mass is 10.1. The quantitative estimate of drug-likeness (QED) is 0.847. The van der Waals surface area contributed by atoms with Gasteiger partial charge in [-0.25, -0.2) is 0 Å². The van der Waals surface area contributed by atoms with Gasteiger partial charge >= 0.3 is 5.97 Å². The number of ether oxygens (including phenoxy) is 1. The smallest absolute Gasteiger partial charge is 0.312 e. The van der Waals surface area contributed by atoms with Crippen LogP contribution in [-0.4, -0.2) is 12.6 Å². The molecule has 3 N–H and O–H groups in total. The third-order valence-electron chi connectivity index (χ3n) is 2.13. The molecule has 3 nitrogen and oxygen atoms in total. The summed E-state index contributed by atoms with van der Waals surface area (Å²) in [4.78, 5) is 11.3. The molecule has 0 fully saturated rings. The predicted molar refractivity (Wildman–Crippen MR) is 63.3 cm³/mol. The average Bonchev–Trinajstić information content (AvgIpc) is 2.22. The molecule has 0 bridgehead atoms. The normalized spacial score (nSPS) is 12.2. The van der Waals surface area contributed by atoms with E-state index < -0.39 is 0 Å². The first-order chi connectivity index (χ1) is 7.54. The molecule has 0 amide bonds. The average molecular weight is 263 g/mol. The lowest BCUT2D eigenvalue weighted by Crippen LogP contribution is -2.54. The van der Waals surface area contributed by atoms with E-state index in [9.17, 15) is 4.79 Å². The van der Waals surface area contributed by atoms with Gasteiger partial charge in [0.25, 0.3) is 0 Å². The number of hydrogen-bond donors (Lipinski definition) is 1. The van der Waals surface area contributed by atoms with Crippen molar-refractivity contribution in [3.8, 4) is 0 Å². The van der Waals surface area contributed by atoms with E-state index in [1.54, 1.807) is 19.1 Å². The monoisotopic (exact) mass is 262 g/mol. The van der Waals surface area contributed by atoms with E-state index in [1.165, 1.54) is 0 Å². The van der Waals surface area contributed by atoms with Crippen LogP contribution in [0.3, 0.4) is 0 Å². The number of rotatable bonds is 4. The van der Waals surface area contributed by atoms with Gasteiger partial charge in [0.05, 0.1) is 16.7 Å². The topological polar surface area (TPSA) is 53.9 Å². The Labute approximate surface area is 104 Å². The van der Waals surface area contributed by atoms with Crippen LogP contribution in [0, 0.1) is 0 Å². The van der Waals surface area contributed by atoms with Crippen LogP contribution in [0.5, 0.6) is 0 Å². The number of benzene rings is 1. The third-order valence-corrected chi connectivity index (χ3v) is 2.87. The fraction of sp³-hybridized carbons (Fsp3) is 0.364. The first-order valence-electron chi connectivity index (χ1n) is 4.98. The summed E-state index contributed by atoms with van der Waals surface area (Å²) in [6.07, 6.45) is 0.242. The van der Waals surface area contributed by atoms with Crippen molar-refractivity contribution in [1.29, 1.82) is 0 Å². The zero-order valence-electron chi connectivity index (χ0n) is 9.00. The Morgan fingerprint density at radius 3 is 2.69 bits per heavy atom. The number of esters is 1. The Balaban J connectivity index is 2.69. The predicted octanol–water partition coefficient (Wildman–Crippen LogP) is 2.23. The number of carbonyl (C=O) groups is 1. The van der Waals surface area contributed by atoms with Gasteiger partial charge in [-0.3, -0.25) is 4.79 Å². The van der Waals surface area contributed by atoms with Gasteiger partial charge in [0, 0.05) is 5.56 Å². The van der Waals surface area contributed by atoms with Crippen LogP contribution in [0.4, 0.5) is 0 Å². The summed E-state index contributed by atoms with van der Waals surface area (Å²) in [7, 11) is 0. The van der Waals surface area contributed by atoms with Gasteiger partial charge < -0.3 is 10.5 Å². The second kappa shape index (κ2) is 6.09. The molecule has 0 aliphatic carbocycles. The molecular formula is C11H14Cl2NO2+. The zero-order valence-corrected chi connectivity index (χ0v) is 10.5. The molecule has 0 saturated heterocycles. The molecule has 88 valence electrons. The molecule has 5 heteroatoms. The van der Waals surface area contributed by atoms with Crippen molar-refractivity contribution in [1.82, 2.24) is 0 Å². The van der Waals surface area contributed by atoms with E-state index in [0.29, 0.717) is 16.7 Å². The summed E-state index contributed by atoms with van der Waals surface area (Å²) in [6, 6.07) is 5.06. The van der Waals surface area contributed by atoms with Gasteiger partial charge in [0.15, 0.2) is 0 Å². The van der Waals surface area contributed by atoms with Crippen molar-refractivity contribution in [3.05, 3.63) is 33.8 Å². The molecular weight excluding hydrogens is 249 g/mol. The highest BCUT2D eigenvalue weighted by Crippen LogP contribution is 2.25. The number of carbonyl (C=O) groups excluding carboxylic acids is 1. The van der Waals surface area contributed by atoms with Crippen LogP contribution in [0.1, 0.15) is 24.9 Å². The summed E-state index contributed by atoms with van der Waals surface area (Å²) in [5.41, 5.74) is 4.78. The molecule has 0 aliphatic rings. The number of quaternary nitrogens is 1. The van der Waals surface area contributed by atoms with Gasteiger partial charge in [-0.1, -0.05) is 29.3 Å². The van der Waals surface area contributed by atoms with E-state index in [-0.39, 0.29) is 18.4 Å². The Hall–Kier alpha value is -0.770. The van der Waals surface area contributed by atoms with Crippen LogP contribution in [0.25, 0.3) is 0 Å². The Bertz CT molecular complexity index is 382. The molecule has 0 radical (unpaired) electrons. The highest BCUT2D eigenvalue weighted by Gasteiger charge is 2.16. The fourth-order valence-electron chi connectivity index (χ4n) is 1.31. The largest absolute Gasteiger partial charge is 0.466 e. The zero-order chi connectivity index (χ0) is 12.1. The molecule has 1 aromatic carbocycles. The molecule has 0 saturated carbocycles. The van der Waals surface area contributed by atoms with Crippen molar-refractivity contribution in [3.63, 3.8) is 0 Å². The minimum Gasteiger partial charge on any atom is -0.466 e. The summed E-state index contributed by atoms with van der Waals surface area (Å²) >= 11 is 11.7. The Kier molecular flexibility index (Phi) is 5.06. The van der Waals surface area contributed by atoms with E-state index >= 15 is 0 Å². The minimum absolute atomic E-state index is 0.172. The van der Waals surface area contributed by atoms with Gasteiger partial charge in [0.1, 0.15) is 12.5 Å². The lowest BCUT2D eigenvalue weighted by Gasteiger charge is -2.09. The Morgan fingerprint density at radius 1 is 1.44 bits per heavy atom. The van der Waals surface area contributed by atoms with E-state index in [1.807, 2.05) is 6.07 Å². The molecule has 0 spiro atoms. The van der Waals surface area contributed by atoms with Crippen LogP contribution < -0.4 is 5.73 Å². The van der Waals surface area contributed by atoms with Crippen LogP contribution in [-0.2, 0) is 9.53 Å². The van der Waals surface area contributed by atoms with Gasteiger partial charge in [-0.15, -0.1) is 0 Å². The van der Waals surface area contributed by atoms with E-state index in [2.05, 4.69) is 5.73 Å². The highest BCUT2D eigenvalue weighted by atomic mass is 35.5. The van der Waals surface area contributed by atoms with Crippen molar-refractivity contribution < 1.29 is 15.3 Å². The van der Waals surface area contributed by atoms with Crippen molar-refractivity contribution in [2.45, 2.75) is 19.4 Å². The SMILES string of the molecule is CCOC(=O)C[C@H]([NH3+])c1ccc(Cl)c(Cl)c1. The van der Waals surface area contributed by atoms with Crippen molar-refractivity contribution in [2.75, 3.05) is 6.61 Å². The molecule has 1 rings (SSSR count). The minimum atomic E-state index is -0.256. The highest BCUT2D eigenvalue weighted by molar-refractivity contribution is 6.42. The first kappa shape index (κ1) is 13.3. The maximum atomic E-state index is 11.3. The second-order valence-corrected chi connectivity index (χ2v) is 4.19. The lowest BCUT2D eigenvalue weighted by molar-refractivity contribution is -0.425. The van der Waals surface area contributed by atoms with Crippen LogP contribution in [0.2, 0.25) is 10.0 Å². The van der Waals surface area contributed by atoms with Gasteiger partial charge in [-0.2, -0.15) is 0 Å². The Morgan fingerprint density at radius 2 is 2.12 bits per heavy atom. The summed E-state index contributed by atoms with van der Waals surface area (Å²) in [5.74, 6) is -0.256. The number of hydrogen-bond acceptors (Lipinski definition) is 2. The molecule has 1 aromatic rings. The van der Waals surface area contributed by atoms with Crippen LogP contribution >= 0.6 is 23.2 Å². The van der Waals surface area contributed by atoms with Gasteiger partial charge in [0.2, 0.25) is 0 Å². The third kappa shape index (κ3) is 3.67. The molecule has 1 atom stereocenters. The second-order valence-electron chi connectivity index (χ2n) is 3.38. The fourth-order valence-corrected chi connectivity index (χ4v) is 1.61. The van der Waals surface area contributed by atoms with Gasteiger partial charge in [-0.05, 0) is 19.1 Å². The van der Waals surface area contributed by atoms with E-state index in [0.717, 1.165) is 5.56 Å². The maximum absolute atomic E-state index is 11.3. The molecule has 16 heavy (non-hydrogen) atoms. The summed E-state index contributed by atoms with van der Waals surface area (Å²) in [6.45, 7) is 2.15. The first-order valence-corrected chi connectivity index (χ1v) is 5.73. The number of halogens is 2. The van der Waals surface area contributed by atoms with Crippen molar-refractivity contribution >= 4 is 29.2 Å². The molecule has 0 unspecified atom stereocenters. The molecule has 0 heterocycles. The van der Waals surface area contributed by atoms with Crippen LogP contribution in [0.15, 0.2) is 18.2 Å². The maximum Gasteiger partial charge on any atom is 0.312 e. The standard InChI is InChI=1S/C11H13Cl2NO2/c1-2-16-11(15)6-10(14)7-3-4-8(12)9(13)5-7/h3-5,10H,2,6,14H2,1H3/p+1/t10-/m0/s1. The summed E-state index contributed by atoms with van der Waals surface area (Å²) in [5, 5.41) is 0.963. The summed E-state index contributed by atoms with van der Waals surface area (Å²) < 4.78 is 4.85. The van der Waals surface area contributed by atoms with Crippen molar-refractivity contribution in [2.24, 2.45) is 0 Å². The molecule has 0 aliphatic heterocycles. The van der Waals surface area contributed by atoms with E-state index in [4.69, 9.17) is 27.9 Å².